The van der Waals surface area contributed by atoms with Crippen LogP contribution in [0.1, 0.15) is 28.2 Å². The lowest BCUT2D eigenvalue weighted by molar-refractivity contribution is 0.299. The van der Waals surface area contributed by atoms with E-state index >= 15 is 0 Å². The van der Waals surface area contributed by atoms with Gasteiger partial charge in [-0.15, -0.1) is 0 Å². The summed E-state index contributed by atoms with van der Waals surface area (Å²) < 4.78 is 0. The molecule has 0 aliphatic rings. The fourth-order valence-electron chi connectivity index (χ4n) is 2.89. The monoisotopic (exact) mass is 313 g/mol. The van der Waals surface area contributed by atoms with Gasteiger partial charge in [0.15, 0.2) is 0 Å². The van der Waals surface area contributed by atoms with E-state index in [-0.39, 0.29) is 12.2 Å². The highest BCUT2D eigenvalue weighted by molar-refractivity contribution is 5.60. The second-order valence-electron chi connectivity index (χ2n) is 5.49. The van der Waals surface area contributed by atoms with Gasteiger partial charge in [0.25, 0.3) is 5.56 Å². The van der Waals surface area contributed by atoms with Crippen LogP contribution in [0.5, 0.6) is 0 Å². The Labute approximate surface area is 132 Å². The molecule has 7 heteroatoms. The molecular weight excluding hydrogens is 294 g/mol. The number of aromatic amines is 3. The fraction of sp³-hybridized carbons (Fsp3) is 0.312. The first-order valence-corrected chi connectivity index (χ1v) is 7.46. The van der Waals surface area contributed by atoms with Gasteiger partial charge in [-0.1, -0.05) is 0 Å². The zero-order valence-electron chi connectivity index (χ0n) is 13.1. The molecule has 0 radical (unpaired) electrons. The Kier molecular flexibility index (Phi) is 4.12. The van der Waals surface area contributed by atoms with Gasteiger partial charge in [-0.25, -0.2) is 0 Å². The summed E-state index contributed by atoms with van der Waals surface area (Å²) in [6.07, 6.45) is 5.97. The molecule has 0 saturated heterocycles. The van der Waals surface area contributed by atoms with Gasteiger partial charge < -0.3 is 15.2 Å². The van der Waals surface area contributed by atoms with Crippen molar-refractivity contribution in [3.8, 4) is 11.3 Å². The number of rotatable bonds is 5. The highest BCUT2D eigenvalue weighted by atomic mass is 16.3. The Bertz CT molecular complexity index is 875. The quantitative estimate of drug-likeness (QED) is 0.568. The first-order chi connectivity index (χ1) is 11.1. The van der Waals surface area contributed by atoms with Crippen LogP contribution < -0.4 is 5.56 Å². The lowest BCUT2D eigenvalue weighted by atomic mass is 10.0. The lowest BCUT2D eigenvalue weighted by Crippen LogP contribution is -2.07. The fourth-order valence-corrected chi connectivity index (χ4v) is 2.89. The number of aromatic nitrogens is 5. The molecule has 4 N–H and O–H groups in total. The minimum absolute atomic E-state index is 0.119. The van der Waals surface area contributed by atoms with Crippen molar-refractivity contribution in [1.82, 2.24) is 25.1 Å². The lowest BCUT2D eigenvalue weighted by Gasteiger charge is -2.05. The molecule has 0 aliphatic carbocycles. The molecule has 0 fully saturated rings. The van der Waals surface area contributed by atoms with Crippen LogP contribution in [-0.2, 0) is 12.8 Å². The van der Waals surface area contributed by atoms with E-state index in [9.17, 15) is 9.90 Å². The second-order valence-corrected chi connectivity index (χ2v) is 5.49. The van der Waals surface area contributed by atoms with Crippen molar-refractivity contribution in [2.24, 2.45) is 0 Å². The zero-order chi connectivity index (χ0) is 16.4. The van der Waals surface area contributed by atoms with Crippen LogP contribution in [0.2, 0.25) is 0 Å². The maximum absolute atomic E-state index is 11.8. The van der Waals surface area contributed by atoms with Crippen molar-refractivity contribution in [2.45, 2.75) is 26.7 Å². The van der Waals surface area contributed by atoms with E-state index in [1.54, 1.807) is 18.6 Å². The molecule has 7 nitrogen and oxygen atoms in total. The predicted octanol–water partition coefficient (Wildman–Crippen LogP) is 1.23. The van der Waals surface area contributed by atoms with Crippen molar-refractivity contribution >= 4 is 0 Å². The van der Waals surface area contributed by atoms with Crippen LogP contribution in [-0.4, -0.2) is 36.9 Å². The molecule has 0 unspecified atom stereocenters. The smallest absolute Gasteiger partial charge is 0.273 e. The van der Waals surface area contributed by atoms with Gasteiger partial charge in [-0.2, -0.15) is 0 Å². The summed E-state index contributed by atoms with van der Waals surface area (Å²) in [6, 6.07) is 0. The summed E-state index contributed by atoms with van der Waals surface area (Å²) in [5.41, 5.74) is 5.90. The van der Waals surface area contributed by atoms with Gasteiger partial charge in [-0.3, -0.25) is 19.9 Å². The molecule has 23 heavy (non-hydrogen) atoms. The molecule has 0 atom stereocenters. The van der Waals surface area contributed by atoms with Crippen molar-refractivity contribution in [3.63, 3.8) is 0 Å². The Hall–Kier alpha value is -2.67. The maximum Gasteiger partial charge on any atom is 0.273 e. The SMILES string of the molecule is Cc1[nH]c(Cc2nccnc2-c2c[nH][nH]c2=O)c(C)c1CCO. The van der Waals surface area contributed by atoms with E-state index in [0.717, 1.165) is 28.2 Å². The summed E-state index contributed by atoms with van der Waals surface area (Å²) in [7, 11) is 0. The van der Waals surface area contributed by atoms with Gasteiger partial charge in [0.05, 0.1) is 17.0 Å². The van der Waals surface area contributed by atoms with Gasteiger partial charge in [0.2, 0.25) is 0 Å². The molecule has 0 spiro atoms. The number of aryl methyl sites for hydroxylation is 1. The molecule has 0 bridgehead atoms. The Morgan fingerprint density at radius 3 is 2.70 bits per heavy atom. The highest BCUT2D eigenvalue weighted by Gasteiger charge is 2.16. The summed E-state index contributed by atoms with van der Waals surface area (Å²) in [5, 5.41) is 14.4. The van der Waals surface area contributed by atoms with E-state index < -0.39 is 0 Å². The predicted molar refractivity (Wildman–Crippen MR) is 86.3 cm³/mol. The molecule has 0 aliphatic heterocycles. The number of nitrogens with one attached hydrogen (secondary N) is 3. The molecule has 3 aromatic heterocycles. The van der Waals surface area contributed by atoms with Crippen LogP contribution in [0.4, 0.5) is 0 Å². The third-order valence-corrected chi connectivity index (χ3v) is 4.08. The minimum atomic E-state index is -0.216. The maximum atomic E-state index is 11.8. The molecule has 0 amide bonds. The van der Waals surface area contributed by atoms with Crippen LogP contribution >= 0.6 is 0 Å². The van der Waals surface area contributed by atoms with Crippen molar-refractivity contribution in [2.75, 3.05) is 6.61 Å². The number of aliphatic hydroxyl groups excluding tert-OH is 1. The number of nitrogens with zero attached hydrogens (tertiary/aromatic N) is 2. The number of hydrogen-bond donors (Lipinski definition) is 4. The molecule has 0 saturated carbocycles. The van der Waals surface area contributed by atoms with Gasteiger partial charge in [-0.05, 0) is 31.4 Å². The van der Waals surface area contributed by atoms with E-state index in [1.165, 1.54) is 0 Å². The first kappa shape index (κ1) is 15.2. The number of hydrogen-bond acceptors (Lipinski definition) is 4. The topological polar surface area (TPSA) is 110 Å². The molecule has 3 rings (SSSR count). The Morgan fingerprint density at radius 2 is 2.00 bits per heavy atom. The van der Waals surface area contributed by atoms with Gasteiger partial charge >= 0.3 is 0 Å². The summed E-state index contributed by atoms with van der Waals surface area (Å²) in [6.45, 7) is 4.15. The van der Waals surface area contributed by atoms with E-state index in [4.69, 9.17) is 0 Å². The first-order valence-electron chi connectivity index (χ1n) is 7.46. The average Bonchev–Trinajstić information content (AvgIpc) is 3.07. The normalized spacial score (nSPS) is 11.1. The summed E-state index contributed by atoms with van der Waals surface area (Å²) in [4.78, 5) is 23.9. The number of H-pyrrole nitrogens is 3. The Balaban J connectivity index is 2.01. The average molecular weight is 313 g/mol. The van der Waals surface area contributed by atoms with E-state index in [1.807, 2.05) is 13.8 Å². The zero-order valence-corrected chi connectivity index (χ0v) is 13.1. The van der Waals surface area contributed by atoms with Gasteiger partial charge in [0, 0.05) is 43.0 Å². The summed E-state index contributed by atoms with van der Waals surface area (Å²) in [5.74, 6) is 0. The van der Waals surface area contributed by atoms with Crippen LogP contribution in [0.25, 0.3) is 11.3 Å². The molecule has 3 aromatic rings. The standard InChI is InChI=1S/C16H19N5O2/c1-9-11(3-6-22)10(2)20-13(9)7-14-15(18-5-4-17-14)12-8-19-21-16(12)23/h4-5,8,20,22H,3,6-7H2,1-2H3,(H2,19,21,23). The van der Waals surface area contributed by atoms with Crippen LogP contribution in [0, 0.1) is 13.8 Å². The van der Waals surface area contributed by atoms with E-state index in [2.05, 4.69) is 25.1 Å². The minimum Gasteiger partial charge on any atom is -0.396 e. The van der Waals surface area contributed by atoms with Crippen molar-refractivity contribution in [1.29, 1.82) is 0 Å². The third kappa shape index (κ3) is 2.83. The second kappa shape index (κ2) is 6.21. The van der Waals surface area contributed by atoms with E-state index in [0.29, 0.717) is 24.1 Å². The van der Waals surface area contributed by atoms with Crippen LogP contribution in [0.15, 0.2) is 23.4 Å². The molecule has 0 aromatic carbocycles. The molecule has 120 valence electrons. The largest absolute Gasteiger partial charge is 0.396 e. The van der Waals surface area contributed by atoms with Gasteiger partial charge in [0.1, 0.15) is 0 Å². The highest BCUT2D eigenvalue weighted by Crippen LogP contribution is 2.23. The van der Waals surface area contributed by atoms with Crippen molar-refractivity contribution < 1.29 is 5.11 Å². The van der Waals surface area contributed by atoms with Crippen molar-refractivity contribution in [3.05, 3.63) is 57.2 Å². The number of aliphatic hydroxyl groups is 1. The Morgan fingerprint density at radius 1 is 1.22 bits per heavy atom. The summed E-state index contributed by atoms with van der Waals surface area (Å²) >= 11 is 0. The molecule has 3 heterocycles. The van der Waals surface area contributed by atoms with Crippen LogP contribution in [0.3, 0.4) is 0 Å². The molecular formula is C16H19N5O2. The third-order valence-electron chi connectivity index (χ3n) is 4.08.